The molecule has 2 aromatic carbocycles. The minimum Gasteiger partial charge on any atom is -0.497 e. The highest BCUT2D eigenvalue weighted by atomic mass is 16.5. The summed E-state index contributed by atoms with van der Waals surface area (Å²) in [6.45, 7) is 3.31. The van der Waals surface area contributed by atoms with Crippen LogP contribution >= 0.6 is 0 Å². The van der Waals surface area contributed by atoms with E-state index in [1.807, 2.05) is 31.2 Å². The third-order valence-corrected chi connectivity index (χ3v) is 5.71. The van der Waals surface area contributed by atoms with E-state index in [4.69, 9.17) is 4.74 Å². The molecule has 0 aromatic heterocycles. The largest absolute Gasteiger partial charge is 0.497 e. The first-order valence-corrected chi connectivity index (χ1v) is 9.54. The smallest absolute Gasteiger partial charge is 0.325 e. The number of para-hydroxylation sites is 1. The van der Waals surface area contributed by atoms with Gasteiger partial charge in [-0.1, -0.05) is 30.3 Å². The Morgan fingerprint density at radius 1 is 1.17 bits per heavy atom. The number of urea groups is 1. The molecule has 0 unspecified atom stereocenters. The van der Waals surface area contributed by atoms with Crippen molar-refractivity contribution in [3.05, 3.63) is 59.7 Å². The zero-order valence-electron chi connectivity index (χ0n) is 16.6. The van der Waals surface area contributed by atoms with Crippen molar-refractivity contribution in [3.8, 4) is 5.75 Å². The van der Waals surface area contributed by atoms with Gasteiger partial charge in [0.25, 0.3) is 5.91 Å². The Hall–Kier alpha value is -3.35. The van der Waals surface area contributed by atoms with Gasteiger partial charge >= 0.3 is 6.03 Å². The lowest BCUT2D eigenvalue weighted by Gasteiger charge is -2.25. The summed E-state index contributed by atoms with van der Waals surface area (Å²) in [5, 5.41) is 2.74. The van der Waals surface area contributed by atoms with Crippen molar-refractivity contribution >= 4 is 23.5 Å². The minimum atomic E-state index is -1.22. The average Bonchev–Trinajstić information content (AvgIpc) is 3.16. The van der Waals surface area contributed by atoms with Crippen molar-refractivity contribution in [3.63, 3.8) is 0 Å². The molecule has 2 heterocycles. The van der Waals surface area contributed by atoms with Crippen molar-refractivity contribution < 1.29 is 19.1 Å². The zero-order chi connectivity index (χ0) is 20.8. The van der Waals surface area contributed by atoms with Crippen LogP contribution in [-0.4, -0.2) is 42.4 Å². The van der Waals surface area contributed by atoms with Crippen LogP contribution < -0.4 is 15.0 Å². The summed E-state index contributed by atoms with van der Waals surface area (Å²) in [6.07, 6.45) is 0.756. The van der Waals surface area contributed by atoms with Gasteiger partial charge in [0.15, 0.2) is 0 Å². The number of carbonyl (C=O) groups is 3. The van der Waals surface area contributed by atoms with E-state index in [-0.39, 0.29) is 18.5 Å². The first-order valence-electron chi connectivity index (χ1n) is 9.54. The molecule has 2 aliphatic heterocycles. The van der Waals surface area contributed by atoms with Crippen molar-refractivity contribution in [2.45, 2.75) is 31.8 Å². The lowest BCUT2D eigenvalue weighted by molar-refractivity contribution is -0.134. The fourth-order valence-corrected chi connectivity index (χ4v) is 4.12. The number of amides is 4. The van der Waals surface area contributed by atoms with Crippen LogP contribution in [0.5, 0.6) is 5.75 Å². The van der Waals surface area contributed by atoms with Gasteiger partial charge < -0.3 is 15.0 Å². The molecule has 0 radical (unpaired) electrons. The number of methoxy groups -OCH3 is 1. The molecule has 2 aliphatic rings. The van der Waals surface area contributed by atoms with Crippen LogP contribution in [0.1, 0.15) is 25.0 Å². The molecule has 0 bridgehead atoms. The van der Waals surface area contributed by atoms with E-state index in [0.717, 1.165) is 22.6 Å². The summed E-state index contributed by atoms with van der Waals surface area (Å²) in [5.41, 5.74) is 1.34. The zero-order valence-corrected chi connectivity index (χ0v) is 16.6. The molecule has 7 nitrogen and oxygen atoms in total. The van der Waals surface area contributed by atoms with Crippen LogP contribution in [0.3, 0.4) is 0 Å². The highest BCUT2D eigenvalue weighted by Crippen LogP contribution is 2.33. The molecule has 150 valence electrons. The number of carbonyl (C=O) groups excluding carboxylic acids is 3. The van der Waals surface area contributed by atoms with Crippen LogP contribution in [0.4, 0.5) is 10.5 Å². The van der Waals surface area contributed by atoms with Crippen LogP contribution in [-0.2, 0) is 21.5 Å². The van der Waals surface area contributed by atoms with Crippen LogP contribution in [0, 0.1) is 0 Å². The molecule has 4 amide bonds. The minimum absolute atomic E-state index is 0.0198. The van der Waals surface area contributed by atoms with Crippen molar-refractivity contribution in [1.29, 1.82) is 0 Å². The number of ether oxygens (including phenoxy) is 1. The maximum atomic E-state index is 13.1. The van der Waals surface area contributed by atoms with E-state index in [0.29, 0.717) is 11.3 Å². The van der Waals surface area contributed by atoms with E-state index in [2.05, 4.69) is 5.32 Å². The normalized spacial score (nSPS) is 23.2. The molecular weight excluding hydrogens is 370 g/mol. The van der Waals surface area contributed by atoms with Gasteiger partial charge in [0.2, 0.25) is 5.91 Å². The Kier molecular flexibility index (Phi) is 4.53. The number of hydrogen-bond donors (Lipinski definition) is 1. The van der Waals surface area contributed by atoms with Gasteiger partial charge in [-0.2, -0.15) is 0 Å². The fraction of sp³-hybridized carbons (Fsp3) is 0.318. The number of hydrogen-bond acceptors (Lipinski definition) is 4. The number of rotatable bonds is 4. The summed E-state index contributed by atoms with van der Waals surface area (Å²) in [7, 11) is 1.56. The number of nitrogens with zero attached hydrogens (tertiary/aromatic N) is 2. The van der Waals surface area contributed by atoms with E-state index in [9.17, 15) is 14.4 Å². The SMILES string of the molecule is COc1ccc([C@@]2(C)NC(=O)N(CC(=O)N3c4ccccc4C[C@H]3C)C2=O)cc1. The molecule has 1 saturated heterocycles. The molecule has 1 N–H and O–H groups in total. The quantitative estimate of drug-likeness (QED) is 0.810. The van der Waals surface area contributed by atoms with Crippen LogP contribution in [0.25, 0.3) is 0 Å². The summed E-state index contributed by atoms with van der Waals surface area (Å²) < 4.78 is 5.15. The summed E-state index contributed by atoms with van der Waals surface area (Å²) in [5.74, 6) is -0.0612. The molecule has 4 rings (SSSR count). The standard InChI is InChI=1S/C22H23N3O4/c1-14-12-15-6-4-5-7-18(15)25(14)19(26)13-24-20(27)22(2,23-21(24)28)16-8-10-17(29-3)11-9-16/h4-11,14H,12-13H2,1-3H3,(H,23,28)/t14-,22-/m1/s1. The van der Waals surface area contributed by atoms with E-state index in [1.165, 1.54) is 0 Å². The highest BCUT2D eigenvalue weighted by Gasteiger charge is 2.50. The monoisotopic (exact) mass is 393 g/mol. The second-order valence-corrected chi connectivity index (χ2v) is 7.62. The topological polar surface area (TPSA) is 79.0 Å². The van der Waals surface area contributed by atoms with Gasteiger partial charge in [-0.05, 0) is 49.6 Å². The van der Waals surface area contributed by atoms with Gasteiger partial charge in [-0.3, -0.25) is 14.5 Å². The van der Waals surface area contributed by atoms with Crippen LogP contribution in [0.2, 0.25) is 0 Å². The van der Waals surface area contributed by atoms with Crippen molar-refractivity contribution in [2.24, 2.45) is 0 Å². The maximum absolute atomic E-state index is 13.1. The average molecular weight is 393 g/mol. The Balaban J connectivity index is 1.56. The van der Waals surface area contributed by atoms with Gasteiger partial charge in [0.1, 0.15) is 17.8 Å². The Bertz CT molecular complexity index is 988. The van der Waals surface area contributed by atoms with E-state index in [1.54, 1.807) is 43.2 Å². The molecule has 0 saturated carbocycles. The summed E-state index contributed by atoms with van der Waals surface area (Å²) in [4.78, 5) is 41.4. The predicted molar refractivity (Wildman–Crippen MR) is 108 cm³/mol. The highest BCUT2D eigenvalue weighted by molar-refractivity contribution is 6.10. The number of anilines is 1. The second kappa shape index (κ2) is 6.92. The molecule has 2 aromatic rings. The third kappa shape index (κ3) is 3.03. The second-order valence-electron chi connectivity index (χ2n) is 7.62. The number of benzene rings is 2. The first kappa shape index (κ1) is 19.0. The Labute approximate surface area is 169 Å². The third-order valence-electron chi connectivity index (χ3n) is 5.71. The van der Waals surface area contributed by atoms with E-state index >= 15 is 0 Å². The molecular formula is C22H23N3O4. The molecule has 1 fully saturated rings. The number of imide groups is 1. The maximum Gasteiger partial charge on any atom is 0.325 e. The van der Waals surface area contributed by atoms with Gasteiger partial charge in [0.05, 0.1) is 7.11 Å². The number of nitrogens with one attached hydrogen (secondary N) is 1. The van der Waals surface area contributed by atoms with Crippen molar-refractivity contribution in [1.82, 2.24) is 10.2 Å². The molecule has 29 heavy (non-hydrogen) atoms. The molecule has 0 aliphatic carbocycles. The van der Waals surface area contributed by atoms with E-state index < -0.39 is 17.5 Å². The summed E-state index contributed by atoms with van der Waals surface area (Å²) >= 11 is 0. The lowest BCUT2D eigenvalue weighted by atomic mass is 9.92. The number of fused-ring (bicyclic) bond motifs is 1. The van der Waals surface area contributed by atoms with Crippen LogP contribution in [0.15, 0.2) is 48.5 Å². The molecule has 2 atom stereocenters. The van der Waals surface area contributed by atoms with Gasteiger partial charge in [0, 0.05) is 11.7 Å². The lowest BCUT2D eigenvalue weighted by Crippen LogP contribution is -2.46. The molecule has 0 spiro atoms. The fourth-order valence-electron chi connectivity index (χ4n) is 4.12. The first-order chi connectivity index (χ1) is 13.8. The van der Waals surface area contributed by atoms with Gasteiger partial charge in [-0.15, -0.1) is 0 Å². The Morgan fingerprint density at radius 2 is 1.86 bits per heavy atom. The van der Waals surface area contributed by atoms with Gasteiger partial charge in [-0.25, -0.2) is 4.79 Å². The Morgan fingerprint density at radius 3 is 2.55 bits per heavy atom. The predicted octanol–water partition coefficient (Wildman–Crippen LogP) is 2.44. The molecule has 7 heteroatoms. The van der Waals surface area contributed by atoms with Crippen molar-refractivity contribution in [2.75, 3.05) is 18.6 Å². The summed E-state index contributed by atoms with van der Waals surface area (Å²) in [6, 6.07) is 14.1.